The van der Waals surface area contributed by atoms with Crippen molar-refractivity contribution >= 4 is 23.4 Å². The summed E-state index contributed by atoms with van der Waals surface area (Å²) in [5.41, 5.74) is 2.97. The molecule has 0 radical (unpaired) electrons. The molecule has 0 aliphatic carbocycles. The van der Waals surface area contributed by atoms with Gasteiger partial charge in [0.1, 0.15) is 36.2 Å². The molecule has 14 nitrogen and oxygen atoms in total. The number of hydrogen-bond acceptors (Lipinski definition) is 13. The largest absolute Gasteiger partial charge is 0.497 e. The molecule has 16 heteroatoms. The molecule has 0 bridgehead atoms. The van der Waals surface area contributed by atoms with E-state index in [1.54, 1.807) is 73.8 Å². The molecule has 56 heavy (non-hydrogen) atoms. The zero-order valence-corrected chi connectivity index (χ0v) is 32.3. The smallest absolute Gasteiger partial charge is 0.266 e. The van der Waals surface area contributed by atoms with E-state index in [-0.39, 0.29) is 47.5 Å². The second kappa shape index (κ2) is 18.2. The Morgan fingerprint density at radius 3 is 1.79 bits per heavy atom. The lowest BCUT2D eigenvalue weighted by molar-refractivity contribution is 0.101. The van der Waals surface area contributed by atoms with Gasteiger partial charge < -0.3 is 38.5 Å². The molecule has 0 saturated heterocycles. The number of ether oxygens (including phenoxy) is 7. The van der Waals surface area contributed by atoms with Crippen LogP contribution in [0.1, 0.15) is 27.0 Å². The maximum Gasteiger partial charge on any atom is 0.266 e. The Bertz CT molecular complexity index is 2190. The van der Waals surface area contributed by atoms with Crippen LogP contribution >= 0.6 is 11.8 Å². The Morgan fingerprint density at radius 1 is 0.732 bits per heavy atom. The van der Waals surface area contributed by atoms with Crippen LogP contribution in [0.3, 0.4) is 0 Å². The average Bonchev–Trinajstić information content (AvgIpc) is 3.69. The first-order valence-corrected chi connectivity index (χ1v) is 18.3. The van der Waals surface area contributed by atoms with Gasteiger partial charge in [-0.15, -0.1) is 5.10 Å². The van der Waals surface area contributed by atoms with Crippen LogP contribution in [0, 0.1) is 5.82 Å². The standard InChI is InChI=1S/C40H39FN6O8S/c1-49-28-12-7-24(8-13-28)22-54-38-35(39(44-40(43-38)56-6)55-23-25-9-14-29(50-2)15-10-25)37(48)42-27-11-16-30(31(41)19-27)32-21-47(46-45-32)20-26-17-33(51-3)36(53-5)34(18-26)52-4/h7-19,21H,20,22-23H2,1-6H3,(H,42,48). The molecule has 2 heterocycles. The van der Waals surface area contributed by atoms with Crippen molar-refractivity contribution in [3.05, 3.63) is 113 Å². The molecule has 0 spiro atoms. The number of methoxy groups -OCH3 is 5. The number of hydrogen-bond donors (Lipinski definition) is 1. The van der Waals surface area contributed by atoms with E-state index in [1.807, 2.05) is 24.3 Å². The number of nitrogens with zero attached hydrogens (tertiary/aromatic N) is 5. The molecule has 2 aromatic heterocycles. The molecule has 4 aromatic carbocycles. The molecule has 0 aliphatic heterocycles. The van der Waals surface area contributed by atoms with E-state index in [0.717, 1.165) is 16.7 Å². The number of anilines is 1. The van der Waals surface area contributed by atoms with Gasteiger partial charge in [0, 0.05) is 11.3 Å². The minimum absolute atomic E-state index is 0.0109. The van der Waals surface area contributed by atoms with Crippen molar-refractivity contribution in [2.24, 2.45) is 0 Å². The van der Waals surface area contributed by atoms with Crippen molar-refractivity contribution in [3.8, 4) is 51.8 Å². The van der Waals surface area contributed by atoms with Crippen LogP contribution in [-0.2, 0) is 19.8 Å². The second-order valence-electron chi connectivity index (χ2n) is 12.0. The molecule has 6 aromatic rings. The summed E-state index contributed by atoms with van der Waals surface area (Å²) in [6.07, 6.45) is 3.41. The van der Waals surface area contributed by atoms with Crippen molar-refractivity contribution in [3.63, 3.8) is 0 Å². The molecule has 1 N–H and O–H groups in total. The van der Waals surface area contributed by atoms with E-state index in [4.69, 9.17) is 33.2 Å². The normalized spacial score (nSPS) is 10.8. The Kier molecular flexibility index (Phi) is 12.7. The lowest BCUT2D eigenvalue weighted by Crippen LogP contribution is -2.18. The van der Waals surface area contributed by atoms with Crippen LogP contribution < -0.4 is 38.5 Å². The summed E-state index contributed by atoms with van der Waals surface area (Å²) in [6, 6.07) is 22.4. The third-order valence-electron chi connectivity index (χ3n) is 8.41. The average molecular weight is 783 g/mol. The van der Waals surface area contributed by atoms with E-state index < -0.39 is 11.7 Å². The van der Waals surface area contributed by atoms with Gasteiger partial charge in [0.05, 0.1) is 48.3 Å². The highest BCUT2D eigenvalue weighted by atomic mass is 32.2. The van der Waals surface area contributed by atoms with Crippen LogP contribution in [0.25, 0.3) is 11.3 Å². The molecule has 0 saturated carbocycles. The molecule has 290 valence electrons. The summed E-state index contributed by atoms with van der Waals surface area (Å²) >= 11 is 1.26. The highest BCUT2D eigenvalue weighted by Gasteiger charge is 2.25. The van der Waals surface area contributed by atoms with Gasteiger partial charge in [-0.1, -0.05) is 41.2 Å². The van der Waals surface area contributed by atoms with E-state index in [0.29, 0.717) is 40.4 Å². The van der Waals surface area contributed by atoms with Crippen LogP contribution in [-0.4, -0.2) is 72.7 Å². The number of carbonyl (C=O) groups is 1. The first kappa shape index (κ1) is 39.2. The maximum atomic E-state index is 15.7. The minimum atomic E-state index is -0.671. The fourth-order valence-corrected chi connectivity index (χ4v) is 5.90. The number of carbonyl (C=O) groups excluding carboxylic acids is 1. The van der Waals surface area contributed by atoms with Gasteiger partial charge in [-0.05, 0) is 77.5 Å². The summed E-state index contributed by atoms with van der Waals surface area (Å²) in [4.78, 5) is 23.1. The third-order valence-corrected chi connectivity index (χ3v) is 8.96. The monoisotopic (exact) mass is 782 g/mol. The number of aromatic nitrogens is 5. The quantitative estimate of drug-likeness (QED) is 0.0741. The number of amides is 1. The first-order valence-electron chi connectivity index (χ1n) is 17.0. The Labute approximate surface area is 326 Å². The van der Waals surface area contributed by atoms with Gasteiger partial charge in [0.25, 0.3) is 5.91 Å². The minimum Gasteiger partial charge on any atom is -0.497 e. The molecule has 1 amide bonds. The molecule has 0 unspecified atom stereocenters. The zero-order chi connectivity index (χ0) is 39.6. The van der Waals surface area contributed by atoms with Crippen LogP contribution in [0.5, 0.6) is 40.5 Å². The third kappa shape index (κ3) is 9.21. The van der Waals surface area contributed by atoms with E-state index in [9.17, 15) is 4.79 Å². The predicted octanol–water partition coefficient (Wildman–Crippen LogP) is 7.10. The van der Waals surface area contributed by atoms with Crippen molar-refractivity contribution in [1.29, 1.82) is 0 Å². The number of benzene rings is 4. The number of thioether (sulfide) groups is 1. The van der Waals surface area contributed by atoms with Gasteiger partial charge in [0.2, 0.25) is 17.5 Å². The van der Waals surface area contributed by atoms with Gasteiger partial charge >= 0.3 is 0 Å². The number of nitrogens with one attached hydrogen (secondary N) is 1. The van der Waals surface area contributed by atoms with Gasteiger partial charge in [-0.25, -0.2) is 9.07 Å². The molecular formula is C40H39FN6O8S. The molecule has 0 aliphatic rings. The van der Waals surface area contributed by atoms with Crippen molar-refractivity contribution in [1.82, 2.24) is 25.0 Å². The van der Waals surface area contributed by atoms with Gasteiger partial charge in [-0.3, -0.25) is 4.79 Å². The number of halogens is 1. The molecule has 6 rings (SSSR count). The zero-order valence-electron chi connectivity index (χ0n) is 31.5. The first-order chi connectivity index (χ1) is 27.2. The highest BCUT2D eigenvalue weighted by Crippen LogP contribution is 2.38. The maximum absolute atomic E-state index is 15.7. The summed E-state index contributed by atoms with van der Waals surface area (Å²) in [7, 11) is 7.76. The van der Waals surface area contributed by atoms with E-state index in [2.05, 4.69) is 25.6 Å². The van der Waals surface area contributed by atoms with Gasteiger partial charge in [-0.2, -0.15) is 9.97 Å². The van der Waals surface area contributed by atoms with Crippen molar-refractivity contribution < 1.29 is 42.3 Å². The Balaban J connectivity index is 1.24. The van der Waals surface area contributed by atoms with Crippen molar-refractivity contribution in [2.45, 2.75) is 24.9 Å². The van der Waals surface area contributed by atoms with E-state index in [1.165, 1.54) is 45.2 Å². The van der Waals surface area contributed by atoms with E-state index >= 15 is 4.39 Å². The number of rotatable bonds is 17. The fraction of sp³-hybridized carbons (Fsp3) is 0.225. The summed E-state index contributed by atoms with van der Waals surface area (Å²) < 4.78 is 56.4. The van der Waals surface area contributed by atoms with Crippen LogP contribution in [0.15, 0.2) is 90.2 Å². The summed E-state index contributed by atoms with van der Waals surface area (Å²) in [5.74, 6) is 1.49. The predicted molar refractivity (Wildman–Crippen MR) is 207 cm³/mol. The second-order valence-corrected chi connectivity index (χ2v) is 12.7. The van der Waals surface area contributed by atoms with Crippen LogP contribution in [0.4, 0.5) is 10.1 Å². The van der Waals surface area contributed by atoms with Crippen LogP contribution in [0.2, 0.25) is 0 Å². The lowest BCUT2D eigenvalue weighted by atomic mass is 10.1. The fourth-order valence-electron chi connectivity index (χ4n) is 5.55. The molecule has 0 atom stereocenters. The molecular weight excluding hydrogens is 744 g/mol. The lowest BCUT2D eigenvalue weighted by Gasteiger charge is -2.16. The molecule has 0 fully saturated rings. The summed E-state index contributed by atoms with van der Waals surface area (Å²) in [6.45, 7) is 0.454. The Hall–Kier alpha value is -6.55. The SMILES string of the molecule is COc1ccc(COc2nc(SC)nc(OCc3ccc(OC)cc3)c2C(=O)Nc2ccc(-c3cn(Cc4cc(OC)c(OC)c(OC)c4)nn3)c(F)c2)cc1. The van der Waals surface area contributed by atoms with Gasteiger partial charge in [0.15, 0.2) is 22.2 Å². The van der Waals surface area contributed by atoms with Crippen molar-refractivity contribution in [2.75, 3.05) is 47.1 Å². The highest BCUT2D eigenvalue weighted by molar-refractivity contribution is 7.98. The summed E-state index contributed by atoms with van der Waals surface area (Å²) in [5, 5.41) is 11.4. The Morgan fingerprint density at radius 2 is 1.30 bits per heavy atom. The topological polar surface area (TPSA) is 150 Å².